The summed E-state index contributed by atoms with van der Waals surface area (Å²) in [5.41, 5.74) is -0.0193. The van der Waals surface area contributed by atoms with Gasteiger partial charge in [0.05, 0.1) is 6.61 Å². The maximum Gasteiger partial charge on any atom is 0.239 e. The second-order valence-electron chi connectivity index (χ2n) is 6.25. The summed E-state index contributed by atoms with van der Waals surface area (Å²) >= 11 is 0. The van der Waals surface area contributed by atoms with Gasteiger partial charge in [-0.25, -0.2) is 0 Å². The van der Waals surface area contributed by atoms with Crippen molar-refractivity contribution in [3.8, 4) is 0 Å². The van der Waals surface area contributed by atoms with Gasteiger partial charge in [0.15, 0.2) is 0 Å². The Morgan fingerprint density at radius 1 is 1.33 bits per heavy atom. The van der Waals surface area contributed by atoms with Gasteiger partial charge in [-0.05, 0) is 33.1 Å². The van der Waals surface area contributed by atoms with Crippen LogP contribution in [0.2, 0.25) is 0 Å². The number of aliphatic hydroxyl groups is 1. The Bertz CT molecular complexity index is 298. The topological polar surface area (TPSA) is 52.6 Å². The smallest absolute Gasteiger partial charge is 0.239 e. The van der Waals surface area contributed by atoms with Crippen LogP contribution in [0.1, 0.15) is 52.4 Å². The lowest BCUT2D eigenvalue weighted by Crippen LogP contribution is -2.58. The average Bonchev–Trinajstić information content (AvgIpc) is 2.46. The Balaban J connectivity index is 2.24. The third-order valence-corrected chi connectivity index (χ3v) is 4.51. The van der Waals surface area contributed by atoms with Crippen molar-refractivity contribution < 1.29 is 9.90 Å². The van der Waals surface area contributed by atoms with E-state index in [1.807, 2.05) is 0 Å². The zero-order valence-corrected chi connectivity index (χ0v) is 11.6. The molecule has 1 aliphatic heterocycles. The highest BCUT2D eigenvalue weighted by Gasteiger charge is 2.42. The van der Waals surface area contributed by atoms with Gasteiger partial charge in [-0.1, -0.05) is 19.3 Å². The summed E-state index contributed by atoms with van der Waals surface area (Å²) in [6, 6.07) is 0.0837. The normalized spacial score (nSPS) is 30.8. The van der Waals surface area contributed by atoms with Gasteiger partial charge in [-0.15, -0.1) is 0 Å². The SMILES string of the molecule is CC1(C)CCNC(=O)C(CO)N1C1CCCCC1. The van der Waals surface area contributed by atoms with Gasteiger partial charge in [0, 0.05) is 18.1 Å². The lowest BCUT2D eigenvalue weighted by atomic mass is 9.87. The van der Waals surface area contributed by atoms with Gasteiger partial charge in [0.1, 0.15) is 6.04 Å². The number of hydrogen-bond acceptors (Lipinski definition) is 3. The van der Waals surface area contributed by atoms with Crippen LogP contribution in [-0.2, 0) is 4.79 Å². The summed E-state index contributed by atoms with van der Waals surface area (Å²) in [4.78, 5) is 14.4. The zero-order chi connectivity index (χ0) is 13.2. The summed E-state index contributed by atoms with van der Waals surface area (Å²) in [5, 5.41) is 12.5. The molecule has 0 aromatic heterocycles. The third-order valence-electron chi connectivity index (χ3n) is 4.51. The predicted octanol–water partition coefficient (Wildman–Crippen LogP) is 1.28. The highest BCUT2D eigenvalue weighted by molar-refractivity contribution is 5.82. The molecule has 2 fully saturated rings. The number of carbonyl (C=O) groups excluding carboxylic acids is 1. The molecule has 0 bridgehead atoms. The molecule has 2 N–H and O–H groups in total. The van der Waals surface area contributed by atoms with E-state index < -0.39 is 0 Å². The molecule has 1 heterocycles. The van der Waals surface area contributed by atoms with Gasteiger partial charge >= 0.3 is 0 Å². The van der Waals surface area contributed by atoms with Crippen molar-refractivity contribution in [2.24, 2.45) is 0 Å². The van der Waals surface area contributed by atoms with E-state index in [4.69, 9.17) is 0 Å². The molecule has 18 heavy (non-hydrogen) atoms. The van der Waals surface area contributed by atoms with E-state index in [2.05, 4.69) is 24.1 Å². The van der Waals surface area contributed by atoms with Crippen LogP contribution in [0.3, 0.4) is 0 Å². The van der Waals surface area contributed by atoms with Gasteiger partial charge in [-0.2, -0.15) is 0 Å². The van der Waals surface area contributed by atoms with Crippen LogP contribution in [-0.4, -0.2) is 46.7 Å². The first-order valence-electron chi connectivity index (χ1n) is 7.23. The Morgan fingerprint density at radius 3 is 2.61 bits per heavy atom. The van der Waals surface area contributed by atoms with Crippen molar-refractivity contribution in [1.29, 1.82) is 0 Å². The van der Waals surface area contributed by atoms with Gasteiger partial charge < -0.3 is 10.4 Å². The first-order chi connectivity index (χ1) is 8.56. The maximum absolute atomic E-state index is 12.1. The highest BCUT2D eigenvalue weighted by Crippen LogP contribution is 2.33. The number of carbonyl (C=O) groups is 1. The van der Waals surface area contributed by atoms with Crippen LogP contribution in [0.4, 0.5) is 0 Å². The number of nitrogens with zero attached hydrogens (tertiary/aromatic N) is 1. The monoisotopic (exact) mass is 254 g/mol. The number of aliphatic hydroxyl groups excluding tert-OH is 1. The summed E-state index contributed by atoms with van der Waals surface area (Å²) in [6.07, 6.45) is 7.07. The molecular formula is C14H26N2O2. The molecule has 4 nitrogen and oxygen atoms in total. The van der Waals surface area contributed by atoms with E-state index in [1.165, 1.54) is 19.3 Å². The minimum Gasteiger partial charge on any atom is -0.394 e. The second kappa shape index (κ2) is 5.57. The molecule has 1 saturated heterocycles. The van der Waals surface area contributed by atoms with Gasteiger partial charge in [0.2, 0.25) is 5.91 Å². The number of amides is 1. The Hall–Kier alpha value is -0.610. The molecule has 0 aromatic rings. The van der Waals surface area contributed by atoms with Crippen molar-refractivity contribution in [3.05, 3.63) is 0 Å². The lowest BCUT2D eigenvalue weighted by molar-refractivity contribution is -0.131. The van der Waals surface area contributed by atoms with E-state index in [0.29, 0.717) is 12.6 Å². The van der Waals surface area contributed by atoms with Crippen molar-refractivity contribution >= 4 is 5.91 Å². The minimum atomic E-state index is -0.370. The second-order valence-corrected chi connectivity index (χ2v) is 6.25. The van der Waals surface area contributed by atoms with Crippen LogP contribution in [0, 0.1) is 0 Å². The van der Waals surface area contributed by atoms with E-state index in [1.54, 1.807) is 0 Å². The molecule has 0 aromatic carbocycles. The van der Waals surface area contributed by atoms with Gasteiger partial charge in [0.25, 0.3) is 0 Å². The summed E-state index contributed by atoms with van der Waals surface area (Å²) in [5.74, 6) is -0.00588. The van der Waals surface area contributed by atoms with Crippen molar-refractivity contribution in [2.75, 3.05) is 13.2 Å². The molecule has 2 aliphatic rings. The fourth-order valence-electron chi connectivity index (χ4n) is 3.57. The van der Waals surface area contributed by atoms with E-state index in [0.717, 1.165) is 19.3 Å². The number of nitrogens with one attached hydrogen (secondary N) is 1. The molecule has 0 radical (unpaired) electrons. The summed E-state index contributed by atoms with van der Waals surface area (Å²) < 4.78 is 0. The van der Waals surface area contributed by atoms with Crippen LogP contribution in [0.15, 0.2) is 0 Å². The molecule has 0 spiro atoms. The fourth-order valence-corrected chi connectivity index (χ4v) is 3.57. The largest absolute Gasteiger partial charge is 0.394 e. The van der Waals surface area contributed by atoms with Crippen LogP contribution >= 0.6 is 0 Å². The van der Waals surface area contributed by atoms with Crippen molar-refractivity contribution in [2.45, 2.75) is 70.0 Å². The van der Waals surface area contributed by atoms with Crippen LogP contribution in [0.5, 0.6) is 0 Å². The Labute approximate surface area is 110 Å². The molecule has 1 aliphatic carbocycles. The predicted molar refractivity (Wildman–Crippen MR) is 71.3 cm³/mol. The number of hydrogen-bond donors (Lipinski definition) is 2. The molecule has 104 valence electrons. The van der Waals surface area contributed by atoms with Crippen molar-refractivity contribution in [3.63, 3.8) is 0 Å². The molecule has 1 amide bonds. The first-order valence-corrected chi connectivity index (χ1v) is 7.23. The quantitative estimate of drug-likeness (QED) is 0.780. The molecular weight excluding hydrogens is 228 g/mol. The standard InChI is InChI=1S/C14H26N2O2/c1-14(2)8-9-15-13(18)12(10-17)16(14)11-6-4-3-5-7-11/h11-12,17H,3-10H2,1-2H3,(H,15,18). The molecule has 2 rings (SSSR count). The lowest BCUT2D eigenvalue weighted by Gasteiger charge is -2.46. The highest BCUT2D eigenvalue weighted by atomic mass is 16.3. The average molecular weight is 254 g/mol. The summed E-state index contributed by atoms with van der Waals surface area (Å²) in [6.45, 7) is 5.03. The summed E-state index contributed by atoms with van der Waals surface area (Å²) in [7, 11) is 0. The molecule has 1 atom stereocenters. The third kappa shape index (κ3) is 2.69. The van der Waals surface area contributed by atoms with E-state index in [-0.39, 0.29) is 24.1 Å². The molecule has 1 unspecified atom stereocenters. The van der Waals surface area contributed by atoms with Crippen molar-refractivity contribution in [1.82, 2.24) is 10.2 Å². The molecule has 4 heteroatoms. The number of rotatable bonds is 2. The van der Waals surface area contributed by atoms with E-state index in [9.17, 15) is 9.90 Å². The van der Waals surface area contributed by atoms with Crippen LogP contribution < -0.4 is 5.32 Å². The maximum atomic E-state index is 12.1. The first kappa shape index (κ1) is 13.8. The van der Waals surface area contributed by atoms with Gasteiger partial charge in [-0.3, -0.25) is 9.69 Å². The fraction of sp³-hybridized carbons (Fsp3) is 0.929. The Kier molecular flexibility index (Phi) is 4.28. The Morgan fingerprint density at radius 2 is 2.00 bits per heavy atom. The molecule has 1 saturated carbocycles. The van der Waals surface area contributed by atoms with E-state index >= 15 is 0 Å². The van der Waals surface area contributed by atoms with Crippen LogP contribution in [0.25, 0.3) is 0 Å². The minimum absolute atomic E-state index is 0.00588. The zero-order valence-electron chi connectivity index (χ0n) is 11.6.